The van der Waals surface area contributed by atoms with Gasteiger partial charge in [-0.2, -0.15) is 0 Å². The SMILES string of the molecule is O=C(C1CCCC1)N1CCc2ccc(OCCCN3CCCCC3)cc2CC1. The fraction of sp³-hybridized carbons (Fsp3) is 0.708. The third-order valence-corrected chi connectivity index (χ3v) is 6.83. The first kappa shape index (κ1) is 19.8. The first-order valence-corrected chi connectivity index (χ1v) is 11.6. The number of carbonyl (C=O) groups is 1. The molecular formula is C24H36N2O2. The first-order chi connectivity index (χ1) is 13.8. The van der Waals surface area contributed by atoms with Crippen molar-refractivity contribution in [3.63, 3.8) is 0 Å². The van der Waals surface area contributed by atoms with Gasteiger partial charge in [0.2, 0.25) is 5.91 Å². The van der Waals surface area contributed by atoms with Gasteiger partial charge in [0, 0.05) is 25.6 Å². The number of amides is 1. The van der Waals surface area contributed by atoms with Gasteiger partial charge in [-0.1, -0.05) is 25.3 Å². The van der Waals surface area contributed by atoms with E-state index in [1.807, 2.05) is 0 Å². The van der Waals surface area contributed by atoms with Crippen LogP contribution in [0.5, 0.6) is 5.75 Å². The largest absolute Gasteiger partial charge is 0.494 e. The Morgan fingerprint density at radius 3 is 2.46 bits per heavy atom. The molecule has 0 bridgehead atoms. The smallest absolute Gasteiger partial charge is 0.225 e. The summed E-state index contributed by atoms with van der Waals surface area (Å²) in [5, 5.41) is 0. The van der Waals surface area contributed by atoms with Crippen molar-refractivity contribution in [2.45, 2.75) is 64.2 Å². The number of nitrogens with zero attached hydrogens (tertiary/aromatic N) is 2. The summed E-state index contributed by atoms with van der Waals surface area (Å²) in [5.74, 6) is 1.69. The molecule has 0 atom stereocenters. The van der Waals surface area contributed by atoms with E-state index in [1.54, 1.807) is 0 Å². The van der Waals surface area contributed by atoms with E-state index in [0.717, 1.165) is 64.1 Å². The van der Waals surface area contributed by atoms with E-state index in [2.05, 4.69) is 28.0 Å². The van der Waals surface area contributed by atoms with Crippen LogP contribution in [0.1, 0.15) is 62.5 Å². The van der Waals surface area contributed by atoms with Crippen molar-refractivity contribution in [2.75, 3.05) is 39.3 Å². The molecule has 1 saturated heterocycles. The summed E-state index contributed by atoms with van der Waals surface area (Å²) >= 11 is 0. The maximum absolute atomic E-state index is 12.8. The minimum absolute atomic E-state index is 0.292. The van der Waals surface area contributed by atoms with Crippen LogP contribution in [0, 0.1) is 5.92 Å². The monoisotopic (exact) mass is 384 g/mol. The number of likely N-dealkylation sites (tertiary alicyclic amines) is 1. The summed E-state index contributed by atoms with van der Waals surface area (Å²) in [7, 11) is 0. The summed E-state index contributed by atoms with van der Waals surface area (Å²) in [6, 6.07) is 6.56. The third kappa shape index (κ3) is 5.08. The molecule has 0 unspecified atom stereocenters. The number of hydrogen-bond acceptors (Lipinski definition) is 3. The van der Waals surface area contributed by atoms with E-state index < -0.39 is 0 Å². The number of piperidine rings is 1. The Hall–Kier alpha value is -1.55. The van der Waals surface area contributed by atoms with Crippen molar-refractivity contribution in [3.8, 4) is 5.75 Å². The molecule has 4 heteroatoms. The molecular weight excluding hydrogens is 348 g/mol. The molecule has 0 radical (unpaired) electrons. The minimum atomic E-state index is 0.292. The maximum atomic E-state index is 12.8. The fourth-order valence-corrected chi connectivity index (χ4v) is 5.10. The highest BCUT2D eigenvalue weighted by molar-refractivity contribution is 5.79. The van der Waals surface area contributed by atoms with Crippen molar-refractivity contribution in [1.29, 1.82) is 0 Å². The van der Waals surface area contributed by atoms with E-state index in [9.17, 15) is 4.79 Å². The van der Waals surface area contributed by atoms with Gasteiger partial charge in [-0.05, 0) is 81.3 Å². The van der Waals surface area contributed by atoms with E-state index in [-0.39, 0.29) is 0 Å². The number of carbonyl (C=O) groups excluding carboxylic acids is 1. The van der Waals surface area contributed by atoms with Crippen LogP contribution in [0.2, 0.25) is 0 Å². The molecule has 2 fully saturated rings. The molecule has 1 aromatic rings. The molecule has 2 heterocycles. The predicted molar refractivity (Wildman–Crippen MR) is 113 cm³/mol. The Bertz CT molecular complexity index is 648. The van der Waals surface area contributed by atoms with Crippen LogP contribution in [0.25, 0.3) is 0 Å². The molecule has 0 N–H and O–H groups in total. The molecule has 3 aliphatic rings. The Balaban J connectivity index is 1.25. The van der Waals surface area contributed by atoms with Gasteiger partial charge in [0.25, 0.3) is 0 Å². The lowest BCUT2D eigenvalue weighted by molar-refractivity contribution is -0.135. The lowest BCUT2D eigenvalue weighted by Gasteiger charge is -2.26. The zero-order valence-corrected chi connectivity index (χ0v) is 17.3. The van der Waals surface area contributed by atoms with Crippen molar-refractivity contribution >= 4 is 5.91 Å². The van der Waals surface area contributed by atoms with Crippen LogP contribution >= 0.6 is 0 Å². The van der Waals surface area contributed by atoms with E-state index in [0.29, 0.717) is 11.8 Å². The van der Waals surface area contributed by atoms with Crippen LogP contribution < -0.4 is 4.74 Å². The van der Waals surface area contributed by atoms with Gasteiger partial charge < -0.3 is 14.5 Å². The van der Waals surface area contributed by atoms with Crippen molar-refractivity contribution in [2.24, 2.45) is 5.92 Å². The van der Waals surface area contributed by atoms with Crippen LogP contribution in [-0.4, -0.2) is 55.0 Å². The Morgan fingerprint density at radius 2 is 1.68 bits per heavy atom. The highest BCUT2D eigenvalue weighted by Gasteiger charge is 2.28. The molecule has 0 aromatic heterocycles. The van der Waals surface area contributed by atoms with Crippen LogP contribution in [-0.2, 0) is 17.6 Å². The Kier molecular flexibility index (Phi) is 6.90. The topological polar surface area (TPSA) is 32.8 Å². The number of fused-ring (bicyclic) bond motifs is 1. The molecule has 1 amide bonds. The van der Waals surface area contributed by atoms with Crippen molar-refractivity contribution in [3.05, 3.63) is 29.3 Å². The summed E-state index contributed by atoms with van der Waals surface area (Å²) < 4.78 is 6.05. The minimum Gasteiger partial charge on any atom is -0.494 e. The standard InChI is InChI=1S/C24H36N2O2/c27-24(21-7-2-3-8-21)26-16-11-20-9-10-23(19-22(20)12-17-26)28-18-6-15-25-13-4-1-5-14-25/h9-10,19,21H,1-8,11-18H2. The van der Waals surface area contributed by atoms with Gasteiger partial charge in [0.05, 0.1) is 6.61 Å². The van der Waals surface area contributed by atoms with E-state index in [4.69, 9.17) is 4.74 Å². The summed E-state index contributed by atoms with van der Waals surface area (Å²) in [6.07, 6.45) is 11.8. The molecule has 0 spiro atoms. The third-order valence-electron chi connectivity index (χ3n) is 6.83. The lowest BCUT2D eigenvalue weighted by Crippen LogP contribution is -2.37. The number of hydrogen-bond donors (Lipinski definition) is 0. The second-order valence-electron chi connectivity index (χ2n) is 8.84. The molecule has 1 aliphatic carbocycles. The van der Waals surface area contributed by atoms with E-state index in [1.165, 1.54) is 56.3 Å². The number of rotatable bonds is 6. The second-order valence-corrected chi connectivity index (χ2v) is 8.84. The molecule has 1 aromatic carbocycles. The van der Waals surface area contributed by atoms with Crippen LogP contribution in [0.15, 0.2) is 18.2 Å². The lowest BCUT2D eigenvalue weighted by atomic mass is 10.0. The van der Waals surface area contributed by atoms with Gasteiger partial charge in [-0.25, -0.2) is 0 Å². The quantitative estimate of drug-likeness (QED) is 0.694. The predicted octanol–water partition coefficient (Wildman–Crippen LogP) is 4.06. The van der Waals surface area contributed by atoms with Gasteiger partial charge in [-0.3, -0.25) is 4.79 Å². The molecule has 1 saturated carbocycles. The van der Waals surface area contributed by atoms with Gasteiger partial charge in [0.1, 0.15) is 5.75 Å². The zero-order chi connectivity index (χ0) is 19.2. The average Bonchev–Trinajstić information content (AvgIpc) is 3.19. The Morgan fingerprint density at radius 1 is 0.929 bits per heavy atom. The molecule has 4 rings (SSSR count). The van der Waals surface area contributed by atoms with Gasteiger partial charge in [0.15, 0.2) is 0 Å². The van der Waals surface area contributed by atoms with Gasteiger partial charge >= 0.3 is 0 Å². The Labute approximate surface area is 170 Å². The van der Waals surface area contributed by atoms with Crippen molar-refractivity contribution < 1.29 is 9.53 Å². The normalized spacial score (nSPS) is 21.4. The number of ether oxygens (including phenoxy) is 1. The number of benzene rings is 1. The maximum Gasteiger partial charge on any atom is 0.225 e. The van der Waals surface area contributed by atoms with E-state index >= 15 is 0 Å². The second kappa shape index (κ2) is 9.78. The fourth-order valence-electron chi connectivity index (χ4n) is 5.10. The molecule has 2 aliphatic heterocycles. The van der Waals surface area contributed by atoms with Crippen LogP contribution in [0.3, 0.4) is 0 Å². The zero-order valence-electron chi connectivity index (χ0n) is 17.3. The average molecular weight is 385 g/mol. The molecule has 4 nitrogen and oxygen atoms in total. The highest BCUT2D eigenvalue weighted by atomic mass is 16.5. The van der Waals surface area contributed by atoms with Gasteiger partial charge in [-0.15, -0.1) is 0 Å². The summed E-state index contributed by atoms with van der Waals surface area (Å²) in [6.45, 7) is 6.20. The first-order valence-electron chi connectivity index (χ1n) is 11.6. The highest BCUT2D eigenvalue weighted by Crippen LogP contribution is 2.28. The molecule has 28 heavy (non-hydrogen) atoms. The van der Waals surface area contributed by atoms with Crippen molar-refractivity contribution in [1.82, 2.24) is 9.80 Å². The van der Waals surface area contributed by atoms with Crippen LogP contribution in [0.4, 0.5) is 0 Å². The summed E-state index contributed by atoms with van der Waals surface area (Å²) in [5.41, 5.74) is 2.76. The summed E-state index contributed by atoms with van der Waals surface area (Å²) in [4.78, 5) is 17.5. The molecule has 154 valence electrons.